The number of sulfonamides is 1. The van der Waals surface area contributed by atoms with Crippen LogP contribution in [0.2, 0.25) is 0 Å². The highest BCUT2D eigenvalue weighted by Gasteiger charge is 2.24. The van der Waals surface area contributed by atoms with Crippen molar-refractivity contribution in [3.63, 3.8) is 0 Å². The van der Waals surface area contributed by atoms with Gasteiger partial charge in [-0.1, -0.05) is 32.0 Å². The van der Waals surface area contributed by atoms with Gasteiger partial charge in [0.2, 0.25) is 15.9 Å². The molecule has 1 atom stereocenters. The summed E-state index contributed by atoms with van der Waals surface area (Å²) in [5.41, 5.74) is 0. The van der Waals surface area contributed by atoms with Crippen molar-refractivity contribution in [2.45, 2.75) is 25.2 Å². The number of hydrogen-bond acceptors (Lipinski definition) is 4. The molecule has 0 aliphatic carbocycles. The fourth-order valence-electron chi connectivity index (χ4n) is 2.19. The SMILES string of the molecule is CC(C)CC(CNC(=O)CN(C)S(=O)(=O)c1ccccc1)C(=O)O. The van der Waals surface area contributed by atoms with Crippen LogP contribution in [0.1, 0.15) is 20.3 Å². The fourth-order valence-corrected chi connectivity index (χ4v) is 3.34. The van der Waals surface area contributed by atoms with Crippen LogP contribution in [0.15, 0.2) is 35.2 Å². The number of nitrogens with zero attached hydrogens (tertiary/aromatic N) is 1. The van der Waals surface area contributed by atoms with E-state index < -0.39 is 27.8 Å². The molecule has 0 aliphatic rings. The Kier molecular flexibility index (Phi) is 7.37. The number of rotatable bonds is 9. The Balaban J connectivity index is 2.62. The minimum absolute atomic E-state index is 0.0223. The average Bonchev–Trinajstić information content (AvgIpc) is 2.51. The highest BCUT2D eigenvalue weighted by Crippen LogP contribution is 2.13. The number of nitrogens with one attached hydrogen (secondary N) is 1. The smallest absolute Gasteiger partial charge is 0.308 e. The van der Waals surface area contributed by atoms with Crippen LogP contribution < -0.4 is 5.32 Å². The molecule has 8 heteroatoms. The lowest BCUT2D eigenvalue weighted by Crippen LogP contribution is -2.41. The largest absolute Gasteiger partial charge is 0.481 e. The van der Waals surface area contributed by atoms with Crippen LogP contribution in [-0.4, -0.2) is 49.8 Å². The van der Waals surface area contributed by atoms with Gasteiger partial charge in [0.05, 0.1) is 17.4 Å². The van der Waals surface area contributed by atoms with Crippen LogP contribution in [0, 0.1) is 11.8 Å². The second kappa shape index (κ2) is 8.79. The summed E-state index contributed by atoms with van der Waals surface area (Å²) < 4.78 is 25.6. The maximum atomic E-state index is 12.3. The summed E-state index contributed by atoms with van der Waals surface area (Å²) >= 11 is 0. The van der Waals surface area contributed by atoms with Crippen LogP contribution in [-0.2, 0) is 19.6 Å². The molecular formula is C16H24N2O5S. The average molecular weight is 356 g/mol. The third kappa shape index (κ3) is 5.93. The molecule has 0 fully saturated rings. The summed E-state index contributed by atoms with van der Waals surface area (Å²) in [6.45, 7) is 3.41. The monoisotopic (exact) mass is 356 g/mol. The number of amides is 1. The summed E-state index contributed by atoms with van der Waals surface area (Å²) in [7, 11) is -2.44. The lowest BCUT2D eigenvalue weighted by Gasteiger charge is -2.19. The molecule has 2 N–H and O–H groups in total. The highest BCUT2D eigenvalue weighted by atomic mass is 32.2. The minimum Gasteiger partial charge on any atom is -0.481 e. The molecule has 134 valence electrons. The molecule has 1 aromatic rings. The van der Waals surface area contributed by atoms with Crippen molar-refractivity contribution in [3.05, 3.63) is 30.3 Å². The lowest BCUT2D eigenvalue weighted by molar-refractivity contribution is -0.142. The van der Waals surface area contributed by atoms with E-state index in [9.17, 15) is 18.0 Å². The second-order valence-electron chi connectivity index (χ2n) is 6.04. The Morgan fingerprint density at radius 3 is 2.29 bits per heavy atom. The number of carbonyl (C=O) groups is 2. The van der Waals surface area contributed by atoms with Crippen molar-refractivity contribution in [2.75, 3.05) is 20.1 Å². The zero-order chi connectivity index (χ0) is 18.3. The zero-order valence-corrected chi connectivity index (χ0v) is 14.9. The van der Waals surface area contributed by atoms with Gasteiger partial charge in [-0.25, -0.2) is 8.42 Å². The van der Waals surface area contributed by atoms with Gasteiger partial charge < -0.3 is 10.4 Å². The third-order valence-electron chi connectivity index (χ3n) is 3.47. The van der Waals surface area contributed by atoms with E-state index in [1.54, 1.807) is 18.2 Å². The van der Waals surface area contributed by atoms with Gasteiger partial charge in [-0.05, 0) is 24.5 Å². The van der Waals surface area contributed by atoms with Gasteiger partial charge in [0.25, 0.3) is 0 Å². The molecule has 1 aromatic carbocycles. The van der Waals surface area contributed by atoms with Crippen LogP contribution in [0.4, 0.5) is 0 Å². The van der Waals surface area contributed by atoms with Gasteiger partial charge >= 0.3 is 5.97 Å². The molecule has 1 rings (SSSR count). The molecule has 0 radical (unpaired) electrons. The van der Waals surface area contributed by atoms with Crippen molar-refractivity contribution in [2.24, 2.45) is 11.8 Å². The molecule has 0 aromatic heterocycles. The van der Waals surface area contributed by atoms with E-state index in [2.05, 4.69) is 5.32 Å². The molecule has 24 heavy (non-hydrogen) atoms. The van der Waals surface area contributed by atoms with E-state index in [1.165, 1.54) is 19.2 Å². The summed E-state index contributed by atoms with van der Waals surface area (Å²) in [6.07, 6.45) is 0.438. The van der Waals surface area contributed by atoms with E-state index in [0.29, 0.717) is 6.42 Å². The molecular weight excluding hydrogens is 332 g/mol. The second-order valence-corrected chi connectivity index (χ2v) is 8.09. The van der Waals surface area contributed by atoms with E-state index >= 15 is 0 Å². The number of carboxylic acid groups (broad SMARTS) is 1. The number of carboxylic acids is 1. The van der Waals surface area contributed by atoms with Gasteiger partial charge in [0.15, 0.2) is 0 Å². The molecule has 1 unspecified atom stereocenters. The third-order valence-corrected chi connectivity index (χ3v) is 5.29. The summed E-state index contributed by atoms with van der Waals surface area (Å²) in [5, 5.41) is 11.6. The predicted octanol–water partition coefficient (Wildman–Crippen LogP) is 1.17. The van der Waals surface area contributed by atoms with E-state index in [4.69, 9.17) is 5.11 Å². The standard InChI is InChI=1S/C16H24N2O5S/c1-12(2)9-13(16(20)21)10-17-15(19)11-18(3)24(22,23)14-7-5-4-6-8-14/h4-8,12-13H,9-11H2,1-3H3,(H,17,19)(H,20,21). The maximum Gasteiger partial charge on any atom is 0.308 e. The van der Waals surface area contributed by atoms with E-state index in [-0.39, 0.29) is 23.9 Å². The van der Waals surface area contributed by atoms with Gasteiger partial charge in [-0.3, -0.25) is 9.59 Å². The first-order valence-corrected chi connectivity index (χ1v) is 9.09. The zero-order valence-electron chi connectivity index (χ0n) is 14.1. The van der Waals surface area contributed by atoms with Crippen molar-refractivity contribution in [1.29, 1.82) is 0 Å². The number of hydrogen-bond donors (Lipinski definition) is 2. The Morgan fingerprint density at radius 2 is 1.79 bits per heavy atom. The highest BCUT2D eigenvalue weighted by molar-refractivity contribution is 7.89. The molecule has 0 aliphatic heterocycles. The summed E-state index contributed by atoms with van der Waals surface area (Å²) in [5.74, 6) is -2.02. The number of likely N-dealkylation sites (N-methyl/N-ethyl adjacent to an activating group) is 1. The van der Waals surface area contributed by atoms with Gasteiger partial charge in [0, 0.05) is 13.6 Å². The Morgan fingerprint density at radius 1 is 1.21 bits per heavy atom. The summed E-state index contributed by atoms with van der Waals surface area (Å²) in [6, 6.07) is 7.81. The van der Waals surface area contributed by atoms with Crippen molar-refractivity contribution >= 4 is 21.9 Å². The quantitative estimate of drug-likeness (QED) is 0.691. The first-order valence-electron chi connectivity index (χ1n) is 7.65. The molecule has 0 bridgehead atoms. The molecule has 0 spiro atoms. The topological polar surface area (TPSA) is 104 Å². The Hall–Kier alpha value is -1.93. The number of aliphatic carboxylic acids is 1. The maximum absolute atomic E-state index is 12.3. The van der Waals surface area contributed by atoms with Crippen molar-refractivity contribution in [3.8, 4) is 0 Å². The Labute approximate surface area is 142 Å². The van der Waals surface area contributed by atoms with E-state index in [1.807, 2.05) is 13.8 Å². The van der Waals surface area contributed by atoms with Gasteiger partial charge in [0.1, 0.15) is 0 Å². The fraction of sp³-hybridized carbons (Fsp3) is 0.500. The predicted molar refractivity (Wildman–Crippen MR) is 89.8 cm³/mol. The Bertz CT molecular complexity index is 658. The normalized spacial score (nSPS) is 13.0. The van der Waals surface area contributed by atoms with Crippen LogP contribution in [0.3, 0.4) is 0 Å². The molecule has 7 nitrogen and oxygen atoms in total. The van der Waals surface area contributed by atoms with Gasteiger partial charge in [-0.15, -0.1) is 0 Å². The van der Waals surface area contributed by atoms with Crippen LogP contribution >= 0.6 is 0 Å². The number of carbonyl (C=O) groups excluding carboxylic acids is 1. The lowest BCUT2D eigenvalue weighted by atomic mass is 9.97. The first kappa shape index (κ1) is 20.1. The molecule has 1 amide bonds. The summed E-state index contributed by atoms with van der Waals surface area (Å²) in [4.78, 5) is 23.2. The van der Waals surface area contributed by atoms with Crippen molar-refractivity contribution < 1.29 is 23.1 Å². The van der Waals surface area contributed by atoms with E-state index in [0.717, 1.165) is 4.31 Å². The molecule has 0 saturated carbocycles. The van der Waals surface area contributed by atoms with Crippen molar-refractivity contribution in [1.82, 2.24) is 9.62 Å². The van der Waals surface area contributed by atoms with Gasteiger partial charge in [-0.2, -0.15) is 4.31 Å². The molecule has 0 heterocycles. The first-order chi connectivity index (χ1) is 11.1. The number of benzene rings is 1. The minimum atomic E-state index is -3.75. The molecule has 0 saturated heterocycles. The van der Waals surface area contributed by atoms with Crippen LogP contribution in [0.5, 0.6) is 0 Å². The van der Waals surface area contributed by atoms with Crippen LogP contribution in [0.25, 0.3) is 0 Å².